The lowest BCUT2D eigenvalue weighted by molar-refractivity contribution is -0.255. The van der Waals surface area contributed by atoms with Crippen LogP contribution in [0.15, 0.2) is 11.8 Å². The molecule has 4 fully saturated rings. The lowest BCUT2D eigenvalue weighted by Gasteiger charge is -2.59. The standard InChI is InChI=1S/C20H29NO4/c1-18-7-6-16(23)21-15(18)4-3-12-13-5-8-20(24-9-10-25-20)19(13,2)11-14(22)17(12)18/h4,12-14,17,22H,3,5-11H2,1-2H3,(H,21,23)/t12?,13?,14?,17?,18-,19-/m0/s1. The first-order chi connectivity index (χ1) is 11.9. The number of carbonyl (C=O) groups excluding carboxylic acids is 1. The summed E-state index contributed by atoms with van der Waals surface area (Å²) in [5.41, 5.74) is 0.808. The molecule has 2 saturated heterocycles. The molecule has 1 spiro atoms. The van der Waals surface area contributed by atoms with Crippen molar-refractivity contribution in [2.45, 2.75) is 64.3 Å². The molecule has 5 aliphatic rings. The van der Waals surface area contributed by atoms with Gasteiger partial charge in [0.15, 0.2) is 5.79 Å². The lowest BCUT2D eigenvalue weighted by atomic mass is 9.48. The second-order valence-corrected chi connectivity index (χ2v) is 9.29. The molecule has 6 atom stereocenters. The highest BCUT2D eigenvalue weighted by molar-refractivity contribution is 5.79. The molecule has 2 heterocycles. The van der Waals surface area contributed by atoms with E-state index in [1.54, 1.807) is 0 Å². The number of hydrogen-bond donors (Lipinski definition) is 2. The third-order valence-corrected chi connectivity index (χ3v) is 8.34. The zero-order valence-electron chi connectivity index (χ0n) is 15.2. The topological polar surface area (TPSA) is 67.8 Å². The van der Waals surface area contributed by atoms with Gasteiger partial charge in [-0.25, -0.2) is 0 Å². The van der Waals surface area contributed by atoms with E-state index in [1.165, 1.54) is 0 Å². The molecule has 4 unspecified atom stereocenters. The van der Waals surface area contributed by atoms with Crippen molar-refractivity contribution in [1.29, 1.82) is 0 Å². The van der Waals surface area contributed by atoms with Crippen molar-refractivity contribution in [3.8, 4) is 0 Å². The van der Waals surface area contributed by atoms with E-state index in [-0.39, 0.29) is 28.8 Å². The smallest absolute Gasteiger partial charge is 0.224 e. The summed E-state index contributed by atoms with van der Waals surface area (Å²) in [5, 5.41) is 14.4. The van der Waals surface area contributed by atoms with Gasteiger partial charge in [0.1, 0.15) is 0 Å². The van der Waals surface area contributed by atoms with Crippen molar-refractivity contribution in [1.82, 2.24) is 5.32 Å². The number of rotatable bonds is 0. The molecule has 0 aromatic rings. The van der Waals surface area contributed by atoms with E-state index in [2.05, 4.69) is 25.2 Å². The predicted octanol–water partition coefficient (Wildman–Crippen LogP) is 2.35. The van der Waals surface area contributed by atoms with Gasteiger partial charge in [-0.2, -0.15) is 0 Å². The lowest BCUT2D eigenvalue weighted by Crippen LogP contribution is -2.61. The predicted molar refractivity (Wildman–Crippen MR) is 91.3 cm³/mol. The number of piperidine rings is 1. The van der Waals surface area contributed by atoms with E-state index >= 15 is 0 Å². The highest BCUT2D eigenvalue weighted by Gasteiger charge is 2.68. The van der Waals surface area contributed by atoms with Crippen LogP contribution in [-0.2, 0) is 14.3 Å². The second-order valence-electron chi connectivity index (χ2n) is 9.29. The quantitative estimate of drug-likeness (QED) is 0.706. The number of fused-ring (bicyclic) bond motifs is 6. The van der Waals surface area contributed by atoms with Crippen molar-refractivity contribution in [3.63, 3.8) is 0 Å². The Morgan fingerprint density at radius 1 is 1.24 bits per heavy atom. The molecule has 25 heavy (non-hydrogen) atoms. The van der Waals surface area contributed by atoms with Crippen LogP contribution in [0, 0.1) is 28.6 Å². The summed E-state index contributed by atoms with van der Waals surface area (Å²) >= 11 is 0. The fourth-order valence-electron chi connectivity index (χ4n) is 7.21. The highest BCUT2D eigenvalue weighted by Crippen LogP contribution is 2.67. The maximum atomic E-state index is 11.9. The molecule has 5 rings (SSSR count). The summed E-state index contributed by atoms with van der Waals surface area (Å²) in [5.74, 6) is 0.776. The van der Waals surface area contributed by atoms with Gasteiger partial charge in [0, 0.05) is 29.4 Å². The molecule has 2 N–H and O–H groups in total. The van der Waals surface area contributed by atoms with Crippen LogP contribution in [-0.4, -0.2) is 36.1 Å². The fourth-order valence-corrected chi connectivity index (χ4v) is 7.21. The average molecular weight is 347 g/mol. The van der Waals surface area contributed by atoms with E-state index in [9.17, 15) is 9.90 Å². The molecule has 0 radical (unpaired) electrons. The molecule has 3 aliphatic carbocycles. The summed E-state index contributed by atoms with van der Waals surface area (Å²) < 4.78 is 12.3. The zero-order valence-corrected chi connectivity index (χ0v) is 15.2. The number of ether oxygens (including phenoxy) is 2. The van der Waals surface area contributed by atoms with E-state index in [1.807, 2.05) is 0 Å². The normalized spacial score (nSPS) is 50.7. The van der Waals surface area contributed by atoms with Gasteiger partial charge in [-0.1, -0.05) is 19.9 Å². The zero-order chi connectivity index (χ0) is 17.4. The second kappa shape index (κ2) is 5.08. The number of carbonyl (C=O) groups is 1. The first-order valence-electron chi connectivity index (χ1n) is 9.86. The molecule has 0 aromatic heterocycles. The van der Waals surface area contributed by atoms with Crippen LogP contribution < -0.4 is 5.32 Å². The fraction of sp³-hybridized carbons (Fsp3) is 0.850. The number of amides is 1. The summed E-state index contributed by atoms with van der Waals surface area (Å²) in [4.78, 5) is 11.9. The van der Waals surface area contributed by atoms with Gasteiger partial charge in [-0.05, 0) is 43.4 Å². The Morgan fingerprint density at radius 2 is 2.00 bits per heavy atom. The van der Waals surface area contributed by atoms with Crippen LogP contribution in [0.3, 0.4) is 0 Å². The Bertz CT molecular complexity index is 640. The minimum atomic E-state index is -0.491. The van der Waals surface area contributed by atoms with Crippen molar-refractivity contribution < 1.29 is 19.4 Å². The SMILES string of the molecule is C[C@]12CCC(=O)NC1=CCC1C2C(O)C[C@@]2(C)C1CCC21OCCO1. The van der Waals surface area contributed by atoms with Crippen molar-refractivity contribution >= 4 is 5.91 Å². The molecule has 0 aromatic carbocycles. The molecule has 0 bridgehead atoms. The van der Waals surface area contributed by atoms with Gasteiger partial charge in [-0.15, -0.1) is 0 Å². The molecule has 5 heteroatoms. The van der Waals surface area contributed by atoms with Crippen LogP contribution in [0.5, 0.6) is 0 Å². The molecule has 138 valence electrons. The van der Waals surface area contributed by atoms with Gasteiger partial charge in [0.05, 0.1) is 19.3 Å². The maximum Gasteiger partial charge on any atom is 0.224 e. The Hall–Kier alpha value is -0.910. The Kier molecular flexibility index (Phi) is 3.31. The number of hydrogen-bond acceptors (Lipinski definition) is 4. The van der Waals surface area contributed by atoms with E-state index in [4.69, 9.17) is 9.47 Å². The minimum absolute atomic E-state index is 0.116. The first-order valence-corrected chi connectivity index (χ1v) is 9.86. The van der Waals surface area contributed by atoms with Crippen molar-refractivity contribution in [2.75, 3.05) is 13.2 Å². The number of aliphatic hydroxyl groups excluding tert-OH is 1. The Labute approximate surface area is 149 Å². The molecule has 2 saturated carbocycles. The van der Waals surface area contributed by atoms with Crippen molar-refractivity contribution in [3.05, 3.63) is 11.8 Å². The maximum absolute atomic E-state index is 11.9. The van der Waals surface area contributed by atoms with E-state index in [0.29, 0.717) is 31.5 Å². The molecular weight excluding hydrogens is 318 g/mol. The Balaban J connectivity index is 1.54. The van der Waals surface area contributed by atoms with Gasteiger partial charge < -0.3 is 19.9 Å². The molecule has 5 nitrogen and oxygen atoms in total. The molecule has 2 aliphatic heterocycles. The summed E-state index contributed by atoms with van der Waals surface area (Å²) in [6.07, 6.45) is 6.96. The highest BCUT2D eigenvalue weighted by atomic mass is 16.7. The van der Waals surface area contributed by atoms with Gasteiger partial charge in [-0.3, -0.25) is 4.79 Å². The minimum Gasteiger partial charge on any atom is -0.393 e. The third-order valence-electron chi connectivity index (χ3n) is 8.34. The van der Waals surface area contributed by atoms with Crippen molar-refractivity contribution in [2.24, 2.45) is 28.6 Å². The third kappa shape index (κ3) is 1.92. The van der Waals surface area contributed by atoms with Gasteiger partial charge in [0.25, 0.3) is 0 Å². The van der Waals surface area contributed by atoms with Crippen LogP contribution >= 0.6 is 0 Å². The van der Waals surface area contributed by atoms with Gasteiger partial charge >= 0.3 is 0 Å². The first kappa shape index (κ1) is 16.3. The summed E-state index contributed by atoms with van der Waals surface area (Å²) in [6.45, 7) is 5.86. The van der Waals surface area contributed by atoms with Gasteiger partial charge in [0.2, 0.25) is 5.91 Å². The number of allylic oxidation sites excluding steroid dienone is 2. The molecular formula is C20H29NO4. The van der Waals surface area contributed by atoms with Crippen LogP contribution in [0.1, 0.15) is 52.4 Å². The number of aliphatic hydroxyl groups is 1. The van der Waals surface area contributed by atoms with Crippen LogP contribution in [0.2, 0.25) is 0 Å². The van der Waals surface area contributed by atoms with E-state index in [0.717, 1.165) is 37.8 Å². The Morgan fingerprint density at radius 3 is 2.76 bits per heavy atom. The monoisotopic (exact) mass is 347 g/mol. The largest absolute Gasteiger partial charge is 0.393 e. The average Bonchev–Trinajstić information content (AvgIpc) is 3.15. The number of nitrogens with one attached hydrogen (secondary N) is 1. The van der Waals surface area contributed by atoms with Crippen LogP contribution in [0.4, 0.5) is 0 Å². The molecule has 1 amide bonds. The van der Waals surface area contributed by atoms with E-state index < -0.39 is 5.79 Å². The summed E-state index contributed by atoms with van der Waals surface area (Å²) in [7, 11) is 0. The van der Waals surface area contributed by atoms with Crippen LogP contribution in [0.25, 0.3) is 0 Å². The summed E-state index contributed by atoms with van der Waals surface area (Å²) in [6, 6.07) is 0.